The zero-order valence-corrected chi connectivity index (χ0v) is 16.4. The predicted molar refractivity (Wildman–Crippen MR) is 109 cm³/mol. The summed E-state index contributed by atoms with van der Waals surface area (Å²) < 4.78 is 0. The highest BCUT2D eigenvalue weighted by Gasteiger charge is 2.38. The van der Waals surface area contributed by atoms with Crippen molar-refractivity contribution < 1.29 is 9.59 Å². The van der Waals surface area contributed by atoms with Crippen molar-refractivity contribution in [2.24, 2.45) is 5.92 Å². The molecule has 0 N–H and O–H groups in total. The molecule has 0 bridgehead atoms. The number of pyridine rings is 1. The Bertz CT molecular complexity index is 844. The quantitative estimate of drug-likeness (QED) is 0.821. The van der Waals surface area contributed by atoms with E-state index in [0.717, 1.165) is 43.6 Å². The molecule has 4 rings (SSSR count). The minimum Gasteiger partial charge on any atom is -0.342 e. The normalized spacial score (nSPS) is 20.6. The molecule has 5 heteroatoms. The summed E-state index contributed by atoms with van der Waals surface area (Å²) in [5, 5.41) is 0. The Morgan fingerprint density at radius 3 is 2.54 bits per heavy atom. The molecule has 2 fully saturated rings. The van der Waals surface area contributed by atoms with Crippen LogP contribution in [0.15, 0.2) is 48.8 Å². The SMILES string of the molecule is CCc1ccccc1N1CC(C(=O)N2CCC(c3ccncc3)CC2)CC1=O. The van der Waals surface area contributed by atoms with Crippen molar-refractivity contribution in [2.75, 3.05) is 24.5 Å². The first-order valence-corrected chi connectivity index (χ1v) is 10.2. The molecule has 146 valence electrons. The van der Waals surface area contributed by atoms with Crippen LogP contribution in [0.2, 0.25) is 0 Å². The van der Waals surface area contributed by atoms with Gasteiger partial charge in [0.25, 0.3) is 0 Å². The van der Waals surface area contributed by atoms with Crippen LogP contribution in [0, 0.1) is 5.92 Å². The van der Waals surface area contributed by atoms with Crippen molar-refractivity contribution in [3.8, 4) is 0 Å². The Labute approximate surface area is 166 Å². The minimum atomic E-state index is -0.227. The zero-order valence-electron chi connectivity index (χ0n) is 16.4. The van der Waals surface area contributed by atoms with Crippen molar-refractivity contribution in [3.05, 3.63) is 59.9 Å². The summed E-state index contributed by atoms with van der Waals surface area (Å²) in [5.74, 6) is 0.462. The van der Waals surface area contributed by atoms with Gasteiger partial charge in [0.05, 0.1) is 5.92 Å². The van der Waals surface area contributed by atoms with Crippen LogP contribution in [0.1, 0.15) is 43.2 Å². The second-order valence-corrected chi connectivity index (χ2v) is 7.77. The monoisotopic (exact) mass is 377 g/mol. The summed E-state index contributed by atoms with van der Waals surface area (Å²) in [6, 6.07) is 12.1. The van der Waals surface area contributed by atoms with E-state index in [0.29, 0.717) is 18.9 Å². The molecule has 2 aromatic rings. The highest BCUT2D eigenvalue weighted by atomic mass is 16.2. The predicted octanol–water partition coefficient (Wildman–Crippen LogP) is 3.40. The maximum atomic E-state index is 13.1. The lowest BCUT2D eigenvalue weighted by atomic mass is 9.89. The lowest BCUT2D eigenvalue weighted by Crippen LogP contribution is -2.42. The molecule has 0 saturated carbocycles. The fourth-order valence-electron chi connectivity index (χ4n) is 4.51. The van der Waals surface area contributed by atoms with Crippen LogP contribution in [0.4, 0.5) is 5.69 Å². The molecule has 3 heterocycles. The number of anilines is 1. The van der Waals surface area contributed by atoms with E-state index in [2.05, 4.69) is 30.1 Å². The second-order valence-electron chi connectivity index (χ2n) is 7.77. The number of aryl methyl sites for hydroxylation is 1. The summed E-state index contributed by atoms with van der Waals surface area (Å²) >= 11 is 0. The number of carbonyl (C=O) groups is 2. The second kappa shape index (κ2) is 8.13. The highest BCUT2D eigenvalue weighted by molar-refractivity contribution is 6.00. The lowest BCUT2D eigenvalue weighted by Gasteiger charge is -2.33. The van der Waals surface area contributed by atoms with Gasteiger partial charge >= 0.3 is 0 Å². The molecule has 28 heavy (non-hydrogen) atoms. The molecule has 0 spiro atoms. The topological polar surface area (TPSA) is 53.5 Å². The first-order chi connectivity index (χ1) is 13.7. The van der Waals surface area contributed by atoms with Gasteiger partial charge in [-0.2, -0.15) is 0 Å². The molecule has 1 aromatic heterocycles. The van der Waals surface area contributed by atoms with Crippen LogP contribution < -0.4 is 4.90 Å². The Morgan fingerprint density at radius 1 is 1.11 bits per heavy atom. The maximum absolute atomic E-state index is 13.1. The average Bonchev–Trinajstić information content (AvgIpc) is 3.15. The average molecular weight is 377 g/mol. The number of aromatic nitrogens is 1. The number of benzene rings is 1. The van der Waals surface area contributed by atoms with E-state index in [9.17, 15) is 9.59 Å². The van der Waals surface area contributed by atoms with Crippen molar-refractivity contribution in [3.63, 3.8) is 0 Å². The van der Waals surface area contributed by atoms with E-state index in [1.807, 2.05) is 40.4 Å². The van der Waals surface area contributed by atoms with Crippen molar-refractivity contribution >= 4 is 17.5 Å². The van der Waals surface area contributed by atoms with Crippen LogP contribution in [-0.4, -0.2) is 41.3 Å². The number of nitrogens with zero attached hydrogens (tertiary/aromatic N) is 3. The fraction of sp³-hybridized carbons (Fsp3) is 0.435. The molecular formula is C23H27N3O2. The summed E-state index contributed by atoms with van der Waals surface area (Å²) in [7, 11) is 0. The van der Waals surface area contributed by atoms with E-state index < -0.39 is 0 Å². The molecule has 2 amide bonds. The van der Waals surface area contributed by atoms with Crippen LogP contribution in [0.3, 0.4) is 0 Å². The number of likely N-dealkylation sites (tertiary alicyclic amines) is 1. The number of rotatable bonds is 4. The van der Waals surface area contributed by atoms with Crippen LogP contribution in [0.25, 0.3) is 0 Å². The largest absolute Gasteiger partial charge is 0.342 e. The fourth-order valence-corrected chi connectivity index (χ4v) is 4.51. The number of hydrogen-bond acceptors (Lipinski definition) is 3. The molecule has 2 aliphatic heterocycles. The van der Waals surface area contributed by atoms with E-state index in [4.69, 9.17) is 0 Å². The number of para-hydroxylation sites is 1. The number of amides is 2. The van der Waals surface area contributed by atoms with Gasteiger partial charge in [-0.05, 0) is 54.5 Å². The third-order valence-corrected chi connectivity index (χ3v) is 6.12. The van der Waals surface area contributed by atoms with E-state index >= 15 is 0 Å². The van der Waals surface area contributed by atoms with Gasteiger partial charge < -0.3 is 9.80 Å². The first-order valence-electron chi connectivity index (χ1n) is 10.2. The summed E-state index contributed by atoms with van der Waals surface area (Å²) in [5.41, 5.74) is 3.42. The van der Waals surface area contributed by atoms with Gasteiger partial charge in [-0.3, -0.25) is 14.6 Å². The van der Waals surface area contributed by atoms with Gasteiger partial charge in [0.2, 0.25) is 11.8 Å². The summed E-state index contributed by atoms with van der Waals surface area (Å²) in [6.07, 6.45) is 6.80. The van der Waals surface area contributed by atoms with Gasteiger partial charge in [0.15, 0.2) is 0 Å². The third-order valence-electron chi connectivity index (χ3n) is 6.12. The van der Waals surface area contributed by atoms with E-state index in [1.165, 1.54) is 5.56 Å². The molecule has 1 unspecified atom stereocenters. The molecule has 1 atom stereocenters. The third kappa shape index (κ3) is 3.66. The lowest BCUT2D eigenvalue weighted by molar-refractivity contribution is -0.136. The van der Waals surface area contributed by atoms with Gasteiger partial charge in [-0.1, -0.05) is 25.1 Å². The Hall–Kier alpha value is -2.69. The number of piperidine rings is 1. The minimum absolute atomic E-state index is 0.0610. The Morgan fingerprint density at radius 2 is 1.82 bits per heavy atom. The smallest absolute Gasteiger partial charge is 0.228 e. The van der Waals surface area contributed by atoms with Crippen LogP contribution in [0.5, 0.6) is 0 Å². The number of carbonyl (C=O) groups excluding carboxylic acids is 2. The van der Waals surface area contributed by atoms with E-state index in [-0.39, 0.29) is 17.7 Å². The molecule has 1 aromatic carbocycles. The zero-order chi connectivity index (χ0) is 19.5. The standard InChI is InChI=1S/C23H27N3O2/c1-2-17-5-3-4-6-21(17)26-16-20(15-22(26)27)23(28)25-13-9-19(10-14-25)18-7-11-24-12-8-18/h3-8,11-12,19-20H,2,9-10,13-16H2,1H3. The highest BCUT2D eigenvalue weighted by Crippen LogP contribution is 2.32. The first kappa shape index (κ1) is 18.7. The Balaban J connectivity index is 1.39. The number of hydrogen-bond donors (Lipinski definition) is 0. The van der Waals surface area contributed by atoms with Gasteiger partial charge in [-0.15, -0.1) is 0 Å². The summed E-state index contributed by atoms with van der Waals surface area (Å²) in [6.45, 7) is 4.12. The molecule has 2 aliphatic rings. The molecule has 0 radical (unpaired) electrons. The Kier molecular flexibility index (Phi) is 5.42. The van der Waals surface area contributed by atoms with Crippen molar-refractivity contribution in [1.82, 2.24) is 9.88 Å². The van der Waals surface area contributed by atoms with Gasteiger partial charge in [0.1, 0.15) is 0 Å². The maximum Gasteiger partial charge on any atom is 0.228 e. The van der Waals surface area contributed by atoms with Crippen molar-refractivity contribution in [1.29, 1.82) is 0 Å². The van der Waals surface area contributed by atoms with Gasteiger partial charge in [0, 0.05) is 44.1 Å². The van der Waals surface area contributed by atoms with Crippen molar-refractivity contribution in [2.45, 2.75) is 38.5 Å². The van der Waals surface area contributed by atoms with E-state index in [1.54, 1.807) is 0 Å². The molecule has 5 nitrogen and oxygen atoms in total. The van der Waals surface area contributed by atoms with Crippen LogP contribution >= 0.6 is 0 Å². The molecule has 0 aliphatic carbocycles. The molecule has 2 saturated heterocycles. The van der Waals surface area contributed by atoms with Gasteiger partial charge in [-0.25, -0.2) is 0 Å². The summed E-state index contributed by atoms with van der Waals surface area (Å²) in [4.78, 5) is 33.5. The van der Waals surface area contributed by atoms with Crippen LogP contribution in [-0.2, 0) is 16.0 Å². The molecular weight excluding hydrogens is 350 g/mol.